The van der Waals surface area contributed by atoms with Crippen molar-refractivity contribution in [2.45, 2.75) is 30.3 Å². The monoisotopic (exact) mass is 362 g/mol. The Morgan fingerprint density at radius 3 is 1.67 bits per heavy atom. The lowest BCUT2D eigenvalue weighted by atomic mass is 10.5. The van der Waals surface area contributed by atoms with Crippen molar-refractivity contribution < 1.29 is 0 Å². The molecule has 110 valence electrons. The molecule has 0 aliphatic rings. The van der Waals surface area contributed by atoms with E-state index in [-0.39, 0.29) is 0 Å². The lowest BCUT2D eigenvalue weighted by molar-refractivity contribution is 1.01. The molecular formula is C12H26S6. The highest BCUT2D eigenvalue weighted by atomic mass is 32.2. The van der Waals surface area contributed by atoms with Gasteiger partial charge in [0, 0.05) is 5.75 Å². The van der Waals surface area contributed by atoms with Gasteiger partial charge in [-0.2, -0.15) is 49.6 Å². The fourth-order valence-electron chi connectivity index (χ4n) is 1.25. The van der Waals surface area contributed by atoms with E-state index in [1.54, 1.807) is 0 Å². The highest BCUT2D eigenvalue weighted by molar-refractivity contribution is 8.19. The molecule has 0 aromatic rings. The van der Waals surface area contributed by atoms with Gasteiger partial charge in [-0.15, -0.1) is 23.5 Å². The highest BCUT2D eigenvalue weighted by Crippen LogP contribution is 2.40. The van der Waals surface area contributed by atoms with Gasteiger partial charge in [-0.25, -0.2) is 0 Å². The van der Waals surface area contributed by atoms with Gasteiger partial charge in [-0.05, 0) is 60.7 Å². The maximum atomic E-state index is 4.29. The molecule has 0 bridgehead atoms. The zero-order valence-electron chi connectivity index (χ0n) is 11.1. The van der Waals surface area contributed by atoms with Crippen molar-refractivity contribution in [2.24, 2.45) is 0 Å². The maximum absolute atomic E-state index is 4.29. The van der Waals surface area contributed by atoms with Crippen LogP contribution in [0.3, 0.4) is 0 Å². The van der Waals surface area contributed by atoms with Crippen molar-refractivity contribution >= 4 is 73.2 Å². The third-order valence-corrected chi connectivity index (χ3v) is 8.11. The van der Waals surface area contributed by atoms with Gasteiger partial charge in [0.05, 0.1) is 4.08 Å². The summed E-state index contributed by atoms with van der Waals surface area (Å²) in [5.41, 5.74) is 0. The molecule has 0 spiro atoms. The van der Waals surface area contributed by atoms with Crippen LogP contribution >= 0.6 is 73.2 Å². The molecule has 0 fully saturated rings. The van der Waals surface area contributed by atoms with Crippen LogP contribution in [0.15, 0.2) is 0 Å². The molecule has 0 aliphatic heterocycles. The molecule has 0 nitrogen and oxygen atoms in total. The molecule has 0 heterocycles. The standard InChI is InChI=1S/C12H26S6/c1-12(17-9-3-6-14,18-10-4-7-15)11-16-8-2-5-13/h13-15H,2-11H2,1H3. The Hall–Kier alpha value is 2.10. The SMILES string of the molecule is CC(CSCCCS)(SCCCS)SCCCS. The van der Waals surface area contributed by atoms with Crippen molar-refractivity contribution in [1.29, 1.82) is 0 Å². The second-order valence-electron chi connectivity index (χ2n) is 4.11. The normalized spacial score (nSPS) is 12.0. The molecule has 0 aromatic carbocycles. The van der Waals surface area contributed by atoms with Crippen LogP contribution in [0.1, 0.15) is 26.2 Å². The number of thioether (sulfide) groups is 3. The van der Waals surface area contributed by atoms with E-state index >= 15 is 0 Å². The van der Waals surface area contributed by atoms with E-state index in [2.05, 4.69) is 80.1 Å². The first-order valence-electron chi connectivity index (χ1n) is 6.37. The summed E-state index contributed by atoms with van der Waals surface area (Å²) in [4.78, 5) is 0. The Kier molecular flexibility index (Phi) is 15.7. The summed E-state index contributed by atoms with van der Waals surface area (Å²) >= 11 is 19.1. The molecule has 0 unspecified atom stereocenters. The van der Waals surface area contributed by atoms with Crippen molar-refractivity contribution in [3.8, 4) is 0 Å². The van der Waals surface area contributed by atoms with Gasteiger partial charge in [0.15, 0.2) is 0 Å². The smallest absolute Gasteiger partial charge is 0.0672 e. The quantitative estimate of drug-likeness (QED) is 0.243. The topological polar surface area (TPSA) is 0 Å². The van der Waals surface area contributed by atoms with Gasteiger partial charge in [0.2, 0.25) is 0 Å². The number of hydrogen-bond acceptors (Lipinski definition) is 6. The average molecular weight is 363 g/mol. The van der Waals surface area contributed by atoms with Crippen molar-refractivity contribution in [3.05, 3.63) is 0 Å². The Morgan fingerprint density at radius 2 is 1.22 bits per heavy atom. The third-order valence-electron chi connectivity index (χ3n) is 2.23. The molecule has 0 amide bonds. The van der Waals surface area contributed by atoms with E-state index < -0.39 is 0 Å². The van der Waals surface area contributed by atoms with E-state index in [0.717, 1.165) is 17.3 Å². The molecule has 0 aliphatic carbocycles. The van der Waals surface area contributed by atoms with Crippen LogP contribution in [0, 0.1) is 0 Å². The molecule has 0 saturated carbocycles. The summed E-state index contributed by atoms with van der Waals surface area (Å²) in [5, 5.41) is 0. The lowest BCUT2D eigenvalue weighted by Crippen LogP contribution is -2.21. The minimum absolute atomic E-state index is 0.354. The Morgan fingerprint density at radius 1 is 0.778 bits per heavy atom. The maximum Gasteiger partial charge on any atom is 0.0672 e. The van der Waals surface area contributed by atoms with Crippen molar-refractivity contribution in [2.75, 3.05) is 40.3 Å². The van der Waals surface area contributed by atoms with E-state index in [4.69, 9.17) is 0 Å². The second kappa shape index (κ2) is 14.1. The van der Waals surface area contributed by atoms with Crippen LogP contribution in [-0.2, 0) is 0 Å². The number of thiol groups is 3. The molecule has 0 saturated heterocycles. The average Bonchev–Trinajstić information content (AvgIpc) is 2.36. The van der Waals surface area contributed by atoms with Crippen LogP contribution in [-0.4, -0.2) is 44.3 Å². The first kappa shape index (κ1) is 20.1. The van der Waals surface area contributed by atoms with Gasteiger partial charge >= 0.3 is 0 Å². The predicted octanol–water partition coefficient (Wildman–Crippen LogP) is 4.86. The van der Waals surface area contributed by atoms with Gasteiger partial charge in [-0.1, -0.05) is 0 Å². The summed E-state index contributed by atoms with van der Waals surface area (Å²) in [7, 11) is 0. The molecule has 6 heteroatoms. The Labute approximate surface area is 143 Å². The molecule has 18 heavy (non-hydrogen) atoms. The van der Waals surface area contributed by atoms with Gasteiger partial charge in [0.1, 0.15) is 0 Å². The molecule has 0 rings (SSSR count). The fraction of sp³-hybridized carbons (Fsp3) is 1.00. The minimum atomic E-state index is 0.354. The molecule has 0 atom stereocenters. The van der Waals surface area contributed by atoms with Crippen LogP contribution in [0.5, 0.6) is 0 Å². The van der Waals surface area contributed by atoms with Crippen LogP contribution in [0.4, 0.5) is 0 Å². The number of hydrogen-bond donors (Lipinski definition) is 3. The summed E-state index contributed by atoms with van der Waals surface area (Å²) in [6.07, 6.45) is 3.63. The van der Waals surface area contributed by atoms with Crippen molar-refractivity contribution in [1.82, 2.24) is 0 Å². The Balaban J connectivity index is 3.95. The van der Waals surface area contributed by atoms with Gasteiger partial charge in [-0.3, -0.25) is 0 Å². The number of rotatable bonds is 13. The van der Waals surface area contributed by atoms with E-state index in [9.17, 15) is 0 Å². The lowest BCUT2D eigenvalue weighted by Gasteiger charge is -2.28. The van der Waals surface area contributed by atoms with Crippen LogP contribution in [0.2, 0.25) is 0 Å². The zero-order valence-corrected chi connectivity index (χ0v) is 16.3. The van der Waals surface area contributed by atoms with Gasteiger partial charge in [0.25, 0.3) is 0 Å². The zero-order chi connectivity index (χ0) is 13.7. The van der Waals surface area contributed by atoms with E-state index in [0.29, 0.717) is 4.08 Å². The minimum Gasteiger partial charge on any atom is -0.179 e. The first-order chi connectivity index (χ1) is 8.68. The van der Waals surface area contributed by atoms with Gasteiger partial charge < -0.3 is 0 Å². The predicted molar refractivity (Wildman–Crippen MR) is 106 cm³/mol. The summed E-state index contributed by atoms with van der Waals surface area (Å²) in [6, 6.07) is 0. The first-order valence-corrected chi connectivity index (χ1v) is 11.4. The fourth-order valence-corrected chi connectivity index (χ4v) is 6.68. The highest BCUT2D eigenvalue weighted by Gasteiger charge is 2.24. The second-order valence-corrected chi connectivity index (χ2v) is 10.0. The summed E-state index contributed by atoms with van der Waals surface area (Å²) in [5.74, 6) is 7.91. The summed E-state index contributed by atoms with van der Waals surface area (Å²) < 4.78 is 0.354. The van der Waals surface area contributed by atoms with Crippen LogP contribution < -0.4 is 0 Å². The largest absolute Gasteiger partial charge is 0.179 e. The van der Waals surface area contributed by atoms with Crippen LogP contribution in [0.25, 0.3) is 0 Å². The van der Waals surface area contributed by atoms with E-state index in [1.165, 1.54) is 42.3 Å². The van der Waals surface area contributed by atoms with E-state index in [1.807, 2.05) is 0 Å². The Bertz CT molecular complexity index is 166. The van der Waals surface area contributed by atoms with Crippen molar-refractivity contribution in [3.63, 3.8) is 0 Å². The third kappa shape index (κ3) is 11.9. The molecule has 0 N–H and O–H groups in total. The molecular weight excluding hydrogens is 337 g/mol. The molecule has 0 radical (unpaired) electrons. The summed E-state index contributed by atoms with van der Waals surface area (Å²) in [6.45, 7) is 2.40. The molecule has 0 aromatic heterocycles.